The van der Waals surface area contributed by atoms with Crippen LogP contribution < -0.4 is 5.32 Å². The van der Waals surface area contributed by atoms with E-state index in [0.717, 1.165) is 25.1 Å². The Balaban J connectivity index is 1.85. The van der Waals surface area contributed by atoms with Crippen molar-refractivity contribution >= 4 is 0 Å². The third kappa shape index (κ3) is 2.92. The molecule has 15 heavy (non-hydrogen) atoms. The van der Waals surface area contributed by atoms with Crippen LogP contribution in [0.1, 0.15) is 26.2 Å². The Hall–Kier alpha value is -0.120. The van der Waals surface area contributed by atoms with E-state index >= 15 is 0 Å². The van der Waals surface area contributed by atoms with E-state index in [0.29, 0.717) is 6.04 Å². The van der Waals surface area contributed by atoms with Gasteiger partial charge in [-0.1, -0.05) is 0 Å². The Morgan fingerprint density at radius 2 is 2.27 bits per heavy atom. The normalized spacial score (nSPS) is 30.4. The average Bonchev–Trinajstić information content (AvgIpc) is 3.09. The van der Waals surface area contributed by atoms with Gasteiger partial charge >= 0.3 is 0 Å². The van der Waals surface area contributed by atoms with Gasteiger partial charge in [-0.2, -0.15) is 0 Å². The predicted octanol–water partition coefficient (Wildman–Crippen LogP) is 1.10. The summed E-state index contributed by atoms with van der Waals surface area (Å²) in [7, 11) is 1.79. The van der Waals surface area contributed by atoms with Gasteiger partial charge in [-0.05, 0) is 32.1 Å². The van der Waals surface area contributed by atoms with Crippen molar-refractivity contribution < 1.29 is 4.74 Å². The zero-order chi connectivity index (χ0) is 10.7. The lowest BCUT2D eigenvalue weighted by Gasteiger charge is -2.40. The molecule has 1 aliphatic carbocycles. The van der Waals surface area contributed by atoms with E-state index in [4.69, 9.17) is 4.74 Å². The summed E-state index contributed by atoms with van der Waals surface area (Å²) in [5, 5.41) is 3.52. The molecular formula is C12H24N2O. The molecule has 3 heteroatoms. The molecule has 2 fully saturated rings. The number of hydrogen-bond acceptors (Lipinski definition) is 3. The zero-order valence-electron chi connectivity index (χ0n) is 10.0. The van der Waals surface area contributed by atoms with Gasteiger partial charge < -0.3 is 10.1 Å². The largest absolute Gasteiger partial charge is 0.385 e. The first-order valence-corrected chi connectivity index (χ1v) is 6.28. The first-order chi connectivity index (χ1) is 7.33. The summed E-state index contributed by atoms with van der Waals surface area (Å²) in [6, 6.07) is 1.48. The first-order valence-electron chi connectivity index (χ1n) is 6.28. The fraction of sp³-hybridized carbons (Fsp3) is 1.00. The molecule has 2 aliphatic rings. The molecule has 0 aromatic heterocycles. The number of ether oxygens (including phenoxy) is 1. The van der Waals surface area contributed by atoms with E-state index in [2.05, 4.69) is 17.1 Å². The molecule has 0 bridgehead atoms. The molecule has 1 heterocycles. The third-order valence-electron chi connectivity index (χ3n) is 3.80. The number of nitrogens with zero attached hydrogens (tertiary/aromatic N) is 1. The van der Waals surface area contributed by atoms with Crippen molar-refractivity contribution in [3.8, 4) is 0 Å². The highest BCUT2D eigenvalue weighted by Crippen LogP contribution is 2.36. The van der Waals surface area contributed by atoms with Gasteiger partial charge in [-0.25, -0.2) is 0 Å². The minimum atomic E-state index is 0.678. The van der Waals surface area contributed by atoms with E-state index in [1.165, 1.54) is 32.4 Å². The molecule has 2 atom stereocenters. The molecule has 0 amide bonds. The Bertz CT molecular complexity index is 194. The van der Waals surface area contributed by atoms with Crippen molar-refractivity contribution in [2.24, 2.45) is 5.92 Å². The van der Waals surface area contributed by atoms with Crippen LogP contribution in [0.4, 0.5) is 0 Å². The Morgan fingerprint density at radius 1 is 1.47 bits per heavy atom. The number of rotatable bonds is 5. The molecule has 88 valence electrons. The summed E-state index contributed by atoms with van der Waals surface area (Å²) < 4.78 is 5.17. The molecule has 1 N–H and O–H groups in total. The lowest BCUT2D eigenvalue weighted by atomic mass is 10.0. The van der Waals surface area contributed by atoms with E-state index in [9.17, 15) is 0 Å². The molecule has 3 nitrogen and oxygen atoms in total. The fourth-order valence-electron chi connectivity index (χ4n) is 2.66. The highest BCUT2D eigenvalue weighted by atomic mass is 16.5. The summed E-state index contributed by atoms with van der Waals surface area (Å²) in [6.07, 6.45) is 4.05. The fourth-order valence-corrected chi connectivity index (χ4v) is 2.66. The molecule has 0 spiro atoms. The Morgan fingerprint density at radius 3 is 2.93 bits per heavy atom. The van der Waals surface area contributed by atoms with Gasteiger partial charge in [0, 0.05) is 45.4 Å². The topological polar surface area (TPSA) is 24.5 Å². The molecule has 2 unspecified atom stereocenters. The lowest BCUT2D eigenvalue weighted by Crippen LogP contribution is -2.55. The molecule has 1 saturated heterocycles. The van der Waals surface area contributed by atoms with Crippen LogP contribution >= 0.6 is 0 Å². The Kier molecular flexibility index (Phi) is 4.00. The quantitative estimate of drug-likeness (QED) is 0.738. The summed E-state index contributed by atoms with van der Waals surface area (Å²) in [4.78, 5) is 2.70. The van der Waals surface area contributed by atoms with Crippen LogP contribution in [0, 0.1) is 5.92 Å². The van der Waals surface area contributed by atoms with Gasteiger partial charge in [-0.3, -0.25) is 4.90 Å². The van der Waals surface area contributed by atoms with Gasteiger partial charge in [0.2, 0.25) is 0 Å². The monoisotopic (exact) mass is 212 g/mol. The van der Waals surface area contributed by atoms with E-state index in [1.807, 2.05) is 0 Å². The standard InChI is InChI=1S/C12H24N2O/c1-10(5-8-15-2)14-7-6-13-9-12(14)11-3-4-11/h10-13H,3-9H2,1-2H3. The van der Waals surface area contributed by atoms with Crippen LogP contribution in [0.25, 0.3) is 0 Å². The molecule has 1 saturated carbocycles. The van der Waals surface area contributed by atoms with Crippen molar-refractivity contribution in [3.63, 3.8) is 0 Å². The van der Waals surface area contributed by atoms with Crippen LogP contribution in [0.3, 0.4) is 0 Å². The van der Waals surface area contributed by atoms with E-state index in [1.54, 1.807) is 7.11 Å². The molecule has 2 rings (SSSR count). The maximum Gasteiger partial charge on any atom is 0.0477 e. The van der Waals surface area contributed by atoms with Gasteiger partial charge in [0.25, 0.3) is 0 Å². The van der Waals surface area contributed by atoms with Crippen LogP contribution in [0.2, 0.25) is 0 Å². The SMILES string of the molecule is COCCC(C)N1CCNCC1C1CC1. The zero-order valence-corrected chi connectivity index (χ0v) is 10.0. The number of nitrogens with one attached hydrogen (secondary N) is 1. The Labute approximate surface area is 93.2 Å². The highest BCUT2D eigenvalue weighted by Gasteiger charge is 2.37. The predicted molar refractivity (Wildman–Crippen MR) is 62.0 cm³/mol. The molecule has 0 radical (unpaired) electrons. The molecular weight excluding hydrogens is 188 g/mol. The number of hydrogen-bond donors (Lipinski definition) is 1. The summed E-state index contributed by atoms with van der Waals surface area (Å²) >= 11 is 0. The summed E-state index contributed by atoms with van der Waals surface area (Å²) in [6.45, 7) is 6.80. The summed E-state index contributed by atoms with van der Waals surface area (Å²) in [5.41, 5.74) is 0. The van der Waals surface area contributed by atoms with Crippen molar-refractivity contribution in [1.82, 2.24) is 10.2 Å². The maximum absolute atomic E-state index is 5.17. The van der Waals surface area contributed by atoms with Crippen LogP contribution in [-0.4, -0.2) is 50.3 Å². The van der Waals surface area contributed by atoms with Gasteiger partial charge in [0.05, 0.1) is 0 Å². The molecule has 0 aromatic carbocycles. The van der Waals surface area contributed by atoms with Gasteiger partial charge in [-0.15, -0.1) is 0 Å². The first kappa shape index (κ1) is 11.4. The van der Waals surface area contributed by atoms with Crippen molar-refractivity contribution in [2.45, 2.75) is 38.3 Å². The second kappa shape index (κ2) is 5.28. The number of piperazine rings is 1. The third-order valence-corrected chi connectivity index (χ3v) is 3.80. The van der Waals surface area contributed by atoms with E-state index in [-0.39, 0.29) is 0 Å². The highest BCUT2D eigenvalue weighted by molar-refractivity contribution is 4.93. The van der Waals surface area contributed by atoms with Crippen LogP contribution in [0.5, 0.6) is 0 Å². The lowest BCUT2D eigenvalue weighted by molar-refractivity contribution is 0.0762. The number of methoxy groups -OCH3 is 1. The van der Waals surface area contributed by atoms with E-state index < -0.39 is 0 Å². The minimum absolute atomic E-state index is 0.678. The average molecular weight is 212 g/mol. The van der Waals surface area contributed by atoms with Crippen LogP contribution in [-0.2, 0) is 4.74 Å². The van der Waals surface area contributed by atoms with Gasteiger partial charge in [0.1, 0.15) is 0 Å². The van der Waals surface area contributed by atoms with Gasteiger partial charge in [0.15, 0.2) is 0 Å². The minimum Gasteiger partial charge on any atom is -0.385 e. The second-order valence-electron chi connectivity index (χ2n) is 4.98. The second-order valence-corrected chi connectivity index (χ2v) is 4.98. The van der Waals surface area contributed by atoms with Crippen molar-refractivity contribution in [1.29, 1.82) is 0 Å². The molecule has 1 aliphatic heterocycles. The van der Waals surface area contributed by atoms with Crippen LogP contribution in [0.15, 0.2) is 0 Å². The smallest absolute Gasteiger partial charge is 0.0477 e. The van der Waals surface area contributed by atoms with Crippen molar-refractivity contribution in [3.05, 3.63) is 0 Å². The maximum atomic E-state index is 5.17. The summed E-state index contributed by atoms with van der Waals surface area (Å²) in [5.74, 6) is 0.975. The van der Waals surface area contributed by atoms with Crippen molar-refractivity contribution in [2.75, 3.05) is 33.4 Å². The molecule has 0 aromatic rings.